The maximum Gasteiger partial charge on any atom is 0.212 e. The van der Waals surface area contributed by atoms with Crippen molar-refractivity contribution in [1.29, 1.82) is 0 Å². The highest BCUT2D eigenvalue weighted by Crippen LogP contribution is 2.19. The van der Waals surface area contributed by atoms with E-state index in [2.05, 4.69) is 17.0 Å². The average molecular weight is 304 g/mol. The lowest BCUT2D eigenvalue weighted by Gasteiger charge is -2.12. The second-order valence-electron chi connectivity index (χ2n) is 4.63. The summed E-state index contributed by atoms with van der Waals surface area (Å²) in [6, 6.07) is 3.75. The quantitative estimate of drug-likeness (QED) is 0.653. The Morgan fingerprint density at radius 1 is 1.32 bits per heavy atom. The highest BCUT2D eigenvalue weighted by molar-refractivity contribution is 7.89. The van der Waals surface area contributed by atoms with Gasteiger partial charge < -0.3 is 5.32 Å². The molecule has 1 rings (SSSR count). The van der Waals surface area contributed by atoms with E-state index in [0.717, 1.165) is 30.8 Å². The third kappa shape index (κ3) is 7.06. The molecule has 0 saturated carbocycles. The summed E-state index contributed by atoms with van der Waals surface area (Å²) < 4.78 is 26.5. The van der Waals surface area contributed by atoms with Gasteiger partial charge >= 0.3 is 0 Å². The van der Waals surface area contributed by atoms with Crippen LogP contribution >= 0.6 is 11.3 Å². The van der Waals surface area contributed by atoms with E-state index in [9.17, 15) is 8.42 Å². The second kappa shape index (κ2) is 8.68. The molecule has 0 radical (unpaired) electrons. The molecule has 1 aromatic heterocycles. The molecule has 1 aromatic rings. The van der Waals surface area contributed by atoms with Crippen LogP contribution in [0.4, 0.5) is 0 Å². The lowest BCUT2D eigenvalue weighted by atomic mass is 10.3. The first-order valence-electron chi connectivity index (χ1n) is 6.79. The molecule has 0 aliphatic heterocycles. The molecule has 4 nitrogen and oxygen atoms in total. The van der Waals surface area contributed by atoms with Gasteiger partial charge in [-0.2, -0.15) is 0 Å². The van der Waals surface area contributed by atoms with Crippen LogP contribution in [0.5, 0.6) is 0 Å². The van der Waals surface area contributed by atoms with Gasteiger partial charge in [-0.25, -0.2) is 13.1 Å². The molecule has 6 heteroatoms. The normalized spacial score (nSPS) is 13.6. The van der Waals surface area contributed by atoms with Crippen molar-refractivity contribution in [2.24, 2.45) is 0 Å². The highest BCUT2D eigenvalue weighted by atomic mass is 32.2. The molecule has 1 unspecified atom stereocenters. The van der Waals surface area contributed by atoms with E-state index in [4.69, 9.17) is 0 Å². The molecule has 0 aliphatic rings. The lowest BCUT2D eigenvalue weighted by molar-refractivity contribution is 0.561. The van der Waals surface area contributed by atoms with Crippen LogP contribution < -0.4 is 10.0 Å². The molecule has 19 heavy (non-hydrogen) atoms. The van der Waals surface area contributed by atoms with E-state index in [-0.39, 0.29) is 11.8 Å². The topological polar surface area (TPSA) is 58.2 Å². The first-order chi connectivity index (χ1) is 9.05. The van der Waals surface area contributed by atoms with E-state index in [1.165, 1.54) is 0 Å². The summed E-state index contributed by atoms with van der Waals surface area (Å²) in [5.74, 6) is 0.205. The fourth-order valence-corrected chi connectivity index (χ4v) is 3.94. The van der Waals surface area contributed by atoms with Crippen LogP contribution in [0.25, 0.3) is 0 Å². The molecule has 0 aliphatic carbocycles. The van der Waals surface area contributed by atoms with Crippen molar-refractivity contribution in [1.82, 2.24) is 10.0 Å². The van der Waals surface area contributed by atoms with Gasteiger partial charge in [-0.05, 0) is 50.7 Å². The monoisotopic (exact) mass is 304 g/mol. The molecule has 0 bridgehead atoms. The van der Waals surface area contributed by atoms with Gasteiger partial charge in [0.05, 0.1) is 11.8 Å². The fraction of sp³-hybridized carbons (Fsp3) is 0.692. The van der Waals surface area contributed by atoms with Crippen molar-refractivity contribution in [3.63, 3.8) is 0 Å². The summed E-state index contributed by atoms with van der Waals surface area (Å²) in [6.07, 6.45) is 2.70. The zero-order valence-corrected chi connectivity index (χ0v) is 13.3. The zero-order valence-electron chi connectivity index (χ0n) is 11.7. The molecule has 1 heterocycles. The highest BCUT2D eigenvalue weighted by Gasteiger charge is 2.15. The SMILES string of the molecule is CCCNCCCCS(=O)(=O)NC(C)c1cccs1. The van der Waals surface area contributed by atoms with Crippen LogP contribution in [-0.2, 0) is 10.0 Å². The van der Waals surface area contributed by atoms with Crippen LogP contribution in [-0.4, -0.2) is 27.3 Å². The summed E-state index contributed by atoms with van der Waals surface area (Å²) >= 11 is 1.57. The van der Waals surface area contributed by atoms with Crippen molar-refractivity contribution in [3.8, 4) is 0 Å². The van der Waals surface area contributed by atoms with E-state index >= 15 is 0 Å². The Morgan fingerprint density at radius 3 is 2.74 bits per heavy atom. The molecule has 0 amide bonds. The predicted molar refractivity (Wildman–Crippen MR) is 82.1 cm³/mol. The van der Waals surface area contributed by atoms with Crippen LogP contribution in [0.2, 0.25) is 0 Å². The van der Waals surface area contributed by atoms with Crippen LogP contribution in [0, 0.1) is 0 Å². The number of thiophene rings is 1. The van der Waals surface area contributed by atoms with Gasteiger partial charge in [0.1, 0.15) is 0 Å². The van der Waals surface area contributed by atoms with Gasteiger partial charge in [-0.1, -0.05) is 13.0 Å². The van der Waals surface area contributed by atoms with Crippen molar-refractivity contribution in [2.45, 2.75) is 39.2 Å². The molecule has 0 aromatic carbocycles. The Morgan fingerprint density at radius 2 is 2.11 bits per heavy atom. The van der Waals surface area contributed by atoms with Gasteiger partial charge in [0.2, 0.25) is 10.0 Å². The van der Waals surface area contributed by atoms with Gasteiger partial charge in [0.25, 0.3) is 0 Å². The van der Waals surface area contributed by atoms with E-state index in [0.29, 0.717) is 6.42 Å². The number of hydrogen-bond donors (Lipinski definition) is 2. The number of rotatable bonds is 10. The lowest BCUT2D eigenvalue weighted by Crippen LogP contribution is -2.29. The van der Waals surface area contributed by atoms with Gasteiger partial charge in [-0.3, -0.25) is 0 Å². The standard InChI is InChI=1S/C13H24N2O2S2/c1-3-8-14-9-4-5-11-19(16,17)15-12(2)13-7-6-10-18-13/h6-7,10,12,14-15H,3-5,8-9,11H2,1-2H3. The average Bonchev–Trinajstić information content (AvgIpc) is 2.87. The molecular weight excluding hydrogens is 280 g/mol. The Hall–Kier alpha value is -0.430. The molecule has 110 valence electrons. The molecule has 0 fully saturated rings. The minimum atomic E-state index is -3.17. The Balaban J connectivity index is 2.24. The van der Waals surface area contributed by atoms with Gasteiger partial charge in [0.15, 0.2) is 0 Å². The Kier molecular flexibility index (Phi) is 7.60. The summed E-state index contributed by atoms with van der Waals surface area (Å²) in [6.45, 7) is 5.89. The first kappa shape index (κ1) is 16.6. The van der Waals surface area contributed by atoms with E-state index in [1.807, 2.05) is 24.4 Å². The van der Waals surface area contributed by atoms with E-state index < -0.39 is 10.0 Å². The Labute approximate surface area is 120 Å². The third-order valence-electron chi connectivity index (χ3n) is 2.77. The van der Waals surface area contributed by atoms with Crippen molar-refractivity contribution in [2.75, 3.05) is 18.8 Å². The minimum Gasteiger partial charge on any atom is -0.317 e. The summed E-state index contributed by atoms with van der Waals surface area (Å²) in [5, 5.41) is 5.23. The Bertz CT molecular complexity index is 430. The molecule has 0 spiro atoms. The minimum absolute atomic E-state index is 0.136. The number of unbranched alkanes of at least 4 members (excludes halogenated alkanes) is 1. The van der Waals surface area contributed by atoms with Gasteiger partial charge in [0, 0.05) is 4.88 Å². The number of nitrogens with one attached hydrogen (secondary N) is 2. The van der Waals surface area contributed by atoms with Crippen LogP contribution in [0.1, 0.15) is 44.0 Å². The van der Waals surface area contributed by atoms with Crippen molar-refractivity contribution >= 4 is 21.4 Å². The molecule has 1 atom stereocenters. The van der Waals surface area contributed by atoms with Crippen LogP contribution in [0.15, 0.2) is 17.5 Å². The largest absolute Gasteiger partial charge is 0.317 e. The second-order valence-corrected chi connectivity index (χ2v) is 7.48. The van der Waals surface area contributed by atoms with Crippen LogP contribution in [0.3, 0.4) is 0 Å². The van der Waals surface area contributed by atoms with Gasteiger partial charge in [-0.15, -0.1) is 11.3 Å². The summed E-state index contributed by atoms with van der Waals surface area (Å²) in [4.78, 5) is 1.05. The summed E-state index contributed by atoms with van der Waals surface area (Å²) in [7, 11) is -3.17. The maximum atomic E-state index is 11.9. The summed E-state index contributed by atoms with van der Waals surface area (Å²) in [5.41, 5.74) is 0. The first-order valence-corrected chi connectivity index (χ1v) is 9.32. The smallest absolute Gasteiger partial charge is 0.212 e. The molecular formula is C13H24N2O2S2. The number of sulfonamides is 1. The molecule has 0 saturated heterocycles. The molecule has 2 N–H and O–H groups in total. The number of hydrogen-bond acceptors (Lipinski definition) is 4. The van der Waals surface area contributed by atoms with Crippen molar-refractivity contribution < 1.29 is 8.42 Å². The zero-order chi connectivity index (χ0) is 14.1. The third-order valence-corrected chi connectivity index (χ3v) is 5.36. The predicted octanol–water partition coefficient (Wildman–Crippen LogP) is 2.51. The van der Waals surface area contributed by atoms with Crippen molar-refractivity contribution in [3.05, 3.63) is 22.4 Å². The fourth-order valence-electron chi connectivity index (χ4n) is 1.77. The van der Waals surface area contributed by atoms with E-state index in [1.54, 1.807) is 11.3 Å². The maximum absolute atomic E-state index is 11.9.